The molecule has 1 heterocycles. The van der Waals surface area contributed by atoms with Crippen molar-refractivity contribution in [2.75, 3.05) is 13.1 Å². The topological polar surface area (TPSA) is 40.5 Å². The van der Waals surface area contributed by atoms with Crippen LogP contribution in [0.3, 0.4) is 0 Å². The van der Waals surface area contributed by atoms with E-state index < -0.39 is 5.60 Å². The van der Waals surface area contributed by atoms with E-state index in [1.165, 1.54) is 12.1 Å². The molecule has 0 spiro atoms. The fraction of sp³-hybridized carbons (Fsp3) is 0.562. The van der Waals surface area contributed by atoms with Gasteiger partial charge in [-0.05, 0) is 37.0 Å². The second kappa shape index (κ2) is 5.17. The molecule has 1 saturated carbocycles. The van der Waals surface area contributed by atoms with E-state index in [1.807, 2.05) is 0 Å². The van der Waals surface area contributed by atoms with Crippen molar-refractivity contribution in [1.29, 1.82) is 0 Å². The molecule has 1 saturated heterocycles. The minimum absolute atomic E-state index is 0.129. The summed E-state index contributed by atoms with van der Waals surface area (Å²) >= 11 is 0. The minimum Gasteiger partial charge on any atom is -0.383 e. The van der Waals surface area contributed by atoms with Crippen LogP contribution in [0.5, 0.6) is 0 Å². The van der Waals surface area contributed by atoms with Gasteiger partial charge in [-0.2, -0.15) is 0 Å². The van der Waals surface area contributed by atoms with Crippen LogP contribution in [-0.4, -0.2) is 29.0 Å². The van der Waals surface area contributed by atoms with Gasteiger partial charge in [0, 0.05) is 12.5 Å². The Morgan fingerprint density at radius 1 is 1.35 bits per heavy atom. The van der Waals surface area contributed by atoms with E-state index in [0.29, 0.717) is 18.5 Å². The first-order valence-electron chi connectivity index (χ1n) is 7.36. The third-order valence-corrected chi connectivity index (χ3v) is 4.63. The van der Waals surface area contributed by atoms with Crippen molar-refractivity contribution in [3.63, 3.8) is 0 Å². The van der Waals surface area contributed by atoms with E-state index in [-0.39, 0.29) is 24.2 Å². The molecule has 2 aliphatic rings. The summed E-state index contributed by atoms with van der Waals surface area (Å²) in [6, 6.07) is 6.06. The molecule has 1 amide bonds. The molecule has 0 bridgehead atoms. The zero-order chi connectivity index (χ0) is 14.2. The van der Waals surface area contributed by atoms with Crippen LogP contribution in [0.1, 0.15) is 37.7 Å². The van der Waals surface area contributed by atoms with Crippen LogP contribution >= 0.6 is 0 Å². The molecule has 4 heteroatoms. The Balaban J connectivity index is 1.73. The number of β-amino-alcohol motifs (C(OH)–C–C–N with tert-alkyl or cyclic N) is 1. The predicted octanol–water partition coefficient (Wildman–Crippen LogP) is 2.44. The molecular weight excluding hydrogens is 257 g/mol. The number of nitrogens with zero attached hydrogens (tertiary/aromatic N) is 1. The van der Waals surface area contributed by atoms with Gasteiger partial charge in [-0.1, -0.05) is 25.0 Å². The standard InChI is InChI=1S/C16H20FNO2/c17-14-7-3-6-13(10-14)16(20)8-9-18(11-16)15(19)12-4-1-2-5-12/h3,6-7,10,12,20H,1-2,4-5,8-9,11H2. The second-order valence-electron chi connectivity index (χ2n) is 6.03. The van der Waals surface area contributed by atoms with Crippen molar-refractivity contribution in [2.24, 2.45) is 5.92 Å². The molecule has 1 N–H and O–H groups in total. The highest BCUT2D eigenvalue weighted by Gasteiger charge is 2.41. The number of carbonyl (C=O) groups is 1. The Labute approximate surface area is 118 Å². The molecule has 1 aromatic rings. The molecular formula is C16H20FNO2. The maximum Gasteiger partial charge on any atom is 0.225 e. The van der Waals surface area contributed by atoms with Crippen molar-refractivity contribution in [3.8, 4) is 0 Å². The maximum absolute atomic E-state index is 13.3. The third kappa shape index (κ3) is 2.44. The molecule has 0 radical (unpaired) electrons. The lowest BCUT2D eigenvalue weighted by Crippen LogP contribution is -2.37. The average molecular weight is 277 g/mol. The monoisotopic (exact) mass is 277 g/mol. The number of rotatable bonds is 2. The molecule has 3 nitrogen and oxygen atoms in total. The van der Waals surface area contributed by atoms with Crippen LogP contribution < -0.4 is 0 Å². The Hall–Kier alpha value is -1.42. The minimum atomic E-state index is -1.10. The zero-order valence-electron chi connectivity index (χ0n) is 11.5. The number of carbonyl (C=O) groups excluding carboxylic acids is 1. The molecule has 1 aliphatic carbocycles. The first-order chi connectivity index (χ1) is 9.58. The van der Waals surface area contributed by atoms with Crippen LogP contribution in [0.15, 0.2) is 24.3 Å². The van der Waals surface area contributed by atoms with Gasteiger partial charge in [0.2, 0.25) is 5.91 Å². The first-order valence-corrected chi connectivity index (χ1v) is 7.36. The van der Waals surface area contributed by atoms with Gasteiger partial charge in [-0.25, -0.2) is 4.39 Å². The molecule has 20 heavy (non-hydrogen) atoms. The number of amides is 1. The highest BCUT2D eigenvalue weighted by Crippen LogP contribution is 2.35. The fourth-order valence-corrected chi connectivity index (χ4v) is 3.43. The summed E-state index contributed by atoms with van der Waals surface area (Å²) in [6.07, 6.45) is 4.66. The summed E-state index contributed by atoms with van der Waals surface area (Å²) in [6.45, 7) is 0.841. The van der Waals surface area contributed by atoms with E-state index in [1.54, 1.807) is 17.0 Å². The quantitative estimate of drug-likeness (QED) is 0.902. The maximum atomic E-state index is 13.3. The Bertz CT molecular complexity index is 513. The second-order valence-corrected chi connectivity index (χ2v) is 6.03. The van der Waals surface area contributed by atoms with Gasteiger partial charge in [0.1, 0.15) is 11.4 Å². The van der Waals surface area contributed by atoms with E-state index in [9.17, 15) is 14.3 Å². The third-order valence-electron chi connectivity index (χ3n) is 4.63. The predicted molar refractivity (Wildman–Crippen MR) is 73.5 cm³/mol. The van der Waals surface area contributed by atoms with Crippen molar-refractivity contribution >= 4 is 5.91 Å². The highest BCUT2D eigenvalue weighted by atomic mass is 19.1. The molecule has 0 aromatic heterocycles. The fourth-order valence-electron chi connectivity index (χ4n) is 3.43. The smallest absolute Gasteiger partial charge is 0.225 e. The van der Waals surface area contributed by atoms with Crippen LogP contribution in [0.25, 0.3) is 0 Å². The molecule has 2 fully saturated rings. The largest absolute Gasteiger partial charge is 0.383 e. The number of hydrogen-bond donors (Lipinski definition) is 1. The average Bonchev–Trinajstić information content (AvgIpc) is 3.08. The lowest BCUT2D eigenvalue weighted by molar-refractivity contribution is -0.135. The van der Waals surface area contributed by atoms with Crippen molar-refractivity contribution < 1.29 is 14.3 Å². The molecule has 1 unspecified atom stereocenters. The normalized spacial score (nSPS) is 27.2. The van der Waals surface area contributed by atoms with E-state index in [2.05, 4.69) is 0 Å². The Morgan fingerprint density at radius 2 is 2.10 bits per heavy atom. The van der Waals surface area contributed by atoms with Gasteiger partial charge >= 0.3 is 0 Å². The van der Waals surface area contributed by atoms with E-state index in [4.69, 9.17) is 0 Å². The van der Waals surface area contributed by atoms with Gasteiger partial charge < -0.3 is 10.0 Å². The summed E-state index contributed by atoms with van der Waals surface area (Å²) in [7, 11) is 0. The number of likely N-dealkylation sites (tertiary alicyclic amines) is 1. The van der Waals surface area contributed by atoms with Gasteiger partial charge in [0.05, 0.1) is 6.54 Å². The van der Waals surface area contributed by atoms with Crippen molar-refractivity contribution in [2.45, 2.75) is 37.7 Å². The van der Waals surface area contributed by atoms with E-state index in [0.717, 1.165) is 25.7 Å². The first kappa shape index (κ1) is 13.6. The summed E-state index contributed by atoms with van der Waals surface area (Å²) in [5.74, 6) is -0.0591. The lowest BCUT2D eigenvalue weighted by atomic mass is 9.93. The summed E-state index contributed by atoms with van der Waals surface area (Å²) in [5, 5.41) is 10.7. The van der Waals surface area contributed by atoms with E-state index >= 15 is 0 Å². The highest BCUT2D eigenvalue weighted by molar-refractivity contribution is 5.79. The number of hydrogen-bond acceptors (Lipinski definition) is 2. The summed E-state index contributed by atoms with van der Waals surface area (Å²) in [4.78, 5) is 14.1. The van der Waals surface area contributed by atoms with Gasteiger partial charge in [0.15, 0.2) is 0 Å². The van der Waals surface area contributed by atoms with Gasteiger partial charge in [-0.3, -0.25) is 4.79 Å². The van der Waals surface area contributed by atoms with Gasteiger partial charge in [-0.15, -0.1) is 0 Å². The van der Waals surface area contributed by atoms with Crippen LogP contribution in [0.2, 0.25) is 0 Å². The molecule has 1 aromatic carbocycles. The number of benzene rings is 1. The lowest BCUT2D eigenvalue weighted by Gasteiger charge is -2.25. The summed E-state index contributed by atoms with van der Waals surface area (Å²) < 4.78 is 13.3. The van der Waals surface area contributed by atoms with Crippen molar-refractivity contribution in [1.82, 2.24) is 4.90 Å². The molecule has 3 rings (SSSR count). The Morgan fingerprint density at radius 3 is 2.80 bits per heavy atom. The SMILES string of the molecule is O=C(C1CCCC1)N1CCC(O)(c2cccc(F)c2)C1. The Kier molecular flexibility index (Phi) is 3.50. The van der Waals surface area contributed by atoms with Crippen LogP contribution in [0.4, 0.5) is 4.39 Å². The summed E-state index contributed by atoms with van der Waals surface area (Å²) in [5.41, 5.74) is -0.532. The molecule has 1 atom stereocenters. The number of halogens is 1. The van der Waals surface area contributed by atoms with Crippen LogP contribution in [0, 0.1) is 11.7 Å². The van der Waals surface area contributed by atoms with Crippen LogP contribution in [-0.2, 0) is 10.4 Å². The number of aliphatic hydroxyl groups is 1. The van der Waals surface area contributed by atoms with Crippen molar-refractivity contribution in [3.05, 3.63) is 35.6 Å². The zero-order valence-corrected chi connectivity index (χ0v) is 11.5. The molecule has 1 aliphatic heterocycles. The molecule has 108 valence electrons. The van der Waals surface area contributed by atoms with Gasteiger partial charge in [0.25, 0.3) is 0 Å².